The van der Waals surface area contributed by atoms with Crippen LogP contribution in [0.25, 0.3) is 0 Å². The predicted octanol–water partition coefficient (Wildman–Crippen LogP) is 3.43. The number of phenols is 2. The Balaban J connectivity index is 1.79. The van der Waals surface area contributed by atoms with E-state index in [0.717, 1.165) is 16.9 Å². The minimum Gasteiger partial charge on any atom is -0.504 e. The van der Waals surface area contributed by atoms with Crippen molar-refractivity contribution in [3.63, 3.8) is 0 Å². The second-order valence-corrected chi connectivity index (χ2v) is 6.25. The summed E-state index contributed by atoms with van der Waals surface area (Å²) in [6.07, 6.45) is 1.50. The van der Waals surface area contributed by atoms with Crippen LogP contribution in [0.1, 0.15) is 22.5 Å². The van der Waals surface area contributed by atoms with Crippen LogP contribution in [-0.2, 0) is 6.61 Å². The maximum Gasteiger partial charge on any atom is 0.216 e. The van der Waals surface area contributed by atoms with E-state index in [4.69, 9.17) is 17.0 Å². The van der Waals surface area contributed by atoms with Crippen LogP contribution < -0.4 is 4.74 Å². The van der Waals surface area contributed by atoms with Crippen molar-refractivity contribution in [1.29, 1.82) is 0 Å². The van der Waals surface area contributed by atoms with Gasteiger partial charge in [0, 0.05) is 0 Å². The Bertz CT molecular complexity index is 1000. The highest BCUT2D eigenvalue weighted by atomic mass is 32.1. The Kier molecular flexibility index (Phi) is 5.04. The molecular weight excluding hydrogens is 352 g/mol. The SMILES string of the molecule is Cc1cc(C)cc(OCc2n[nH]c(=S)n2/N=C/c2ccc(O)c(O)c2)c1. The van der Waals surface area contributed by atoms with Gasteiger partial charge in [0.25, 0.3) is 0 Å². The molecule has 0 saturated heterocycles. The number of benzene rings is 2. The summed E-state index contributed by atoms with van der Waals surface area (Å²) in [5.74, 6) is 0.844. The number of phenolic OH excluding ortho intramolecular Hbond substituents is 2. The summed E-state index contributed by atoms with van der Waals surface area (Å²) in [5.41, 5.74) is 2.83. The third kappa shape index (κ3) is 4.09. The van der Waals surface area contributed by atoms with Gasteiger partial charge in [-0.05, 0) is 73.1 Å². The van der Waals surface area contributed by atoms with E-state index in [1.807, 2.05) is 26.0 Å². The largest absolute Gasteiger partial charge is 0.504 e. The molecule has 0 spiro atoms. The van der Waals surface area contributed by atoms with Crippen LogP contribution in [0.2, 0.25) is 0 Å². The summed E-state index contributed by atoms with van der Waals surface area (Å²) in [6.45, 7) is 4.20. The van der Waals surface area contributed by atoms with Crippen LogP contribution in [0.5, 0.6) is 17.2 Å². The van der Waals surface area contributed by atoms with E-state index in [0.29, 0.717) is 16.2 Å². The number of nitrogens with zero attached hydrogens (tertiary/aromatic N) is 3. The second-order valence-electron chi connectivity index (χ2n) is 5.86. The summed E-state index contributed by atoms with van der Waals surface area (Å²) in [5, 5.41) is 30.0. The van der Waals surface area contributed by atoms with Crippen molar-refractivity contribution >= 4 is 18.4 Å². The molecule has 3 rings (SSSR count). The first-order valence-corrected chi connectivity index (χ1v) is 8.27. The average molecular weight is 370 g/mol. The molecule has 0 saturated carbocycles. The molecule has 1 aromatic heterocycles. The van der Waals surface area contributed by atoms with Crippen molar-refractivity contribution in [2.45, 2.75) is 20.5 Å². The smallest absolute Gasteiger partial charge is 0.216 e. The highest BCUT2D eigenvalue weighted by molar-refractivity contribution is 7.71. The fourth-order valence-corrected chi connectivity index (χ4v) is 2.64. The van der Waals surface area contributed by atoms with Crippen molar-refractivity contribution < 1.29 is 14.9 Å². The Morgan fingerprint density at radius 2 is 1.88 bits per heavy atom. The highest BCUT2D eigenvalue weighted by Crippen LogP contribution is 2.24. The van der Waals surface area contributed by atoms with E-state index >= 15 is 0 Å². The van der Waals surface area contributed by atoms with Crippen molar-refractivity contribution in [2.24, 2.45) is 5.10 Å². The third-order valence-electron chi connectivity index (χ3n) is 3.60. The van der Waals surface area contributed by atoms with Crippen molar-refractivity contribution in [2.75, 3.05) is 0 Å². The lowest BCUT2D eigenvalue weighted by molar-refractivity contribution is 0.290. The van der Waals surface area contributed by atoms with Crippen LogP contribution in [0.4, 0.5) is 0 Å². The molecule has 0 aliphatic rings. The zero-order chi connectivity index (χ0) is 18.7. The van der Waals surface area contributed by atoms with Crippen LogP contribution in [0, 0.1) is 18.6 Å². The topological polar surface area (TPSA) is 95.7 Å². The molecule has 0 amide bonds. The Morgan fingerprint density at radius 3 is 2.58 bits per heavy atom. The normalized spacial score (nSPS) is 11.2. The molecule has 0 bridgehead atoms. The van der Waals surface area contributed by atoms with Gasteiger partial charge in [0.1, 0.15) is 12.4 Å². The molecule has 3 aromatic rings. The maximum absolute atomic E-state index is 9.54. The van der Waals surface area contributed by atoms with Crippen molar-refractivity contribution in [3.8, 4) is 17.2 Å². The molecule has 0 fully saturated rings. The lowest BCUT2D eigenvalue weighted by Crippen LogP contribution is -2.04. The standard InChI is InChI=1S/C18H18N4O3S/c1-11-5-12(2)7-14(6-11)25-10-17-20-21-18(26)22(17)19-9-13-3-4-15(23)16(24)8-13/h3-9,23-24H,10H2,1-2H3,(H,21,26)/b19-9+. The molecule has 0 atom stereocenters. The lowest BCUT2D eigenvalue weighted by atomic mass is 10.1. The van der Waals surface area contributed by atoms with Gasteiger partial charge in [0.2, 0.25) is 4.77 Å². The van der Waals surface area contributed by atoms with Crippen LogP contribution in [0.15, 0.2) is 41.5 Å². The van der Waals surface area contributed by atoms with Crippen molar-refractivity contribution in [3.05, 3.63) is 63.7 Å². The molecule has 3 N–H and O–H groups in total. The highest BCUT2D eigenvalue weighted by Gasteiger charge is 2.07. The van der Waals surface area contributed by atoms with Gasteiger partial charge in [-0.25, -0.2) is 5.10 Å². The molecule has 8 heteroatoms. The zero-order valence-electron chi connectivity index (χ0n) is 14.3. The summed E-state index contributed by atoms with van der Waals surface area (Å²) < 4.78 is 7.57. The molecule has 7 nitrogen and oxygen atoms in total. The van der Waals surface area contributed by atoms with E-state index < -0.39 is 0 Å². The molecular formula is C18H18N4O3S. The fraction of sp³-hybridized carbons (Fsp3) is 0.167. The van der Waals surface area contributed by atoms with Gasteiger partial charge in [-0.2, -0.15) is 14.9 Å². The van der Waals surface area contributed by atoms with E-state index in [1.165, 1.54) is 23.0 Å². The van der Waals surface area contributed by atoms with Crippen LogP contribution >= 0.6 is 12.2 Å². The van der Waals surface area contributed by atoms with Gasteiger partial charge in [0.15, 0.2) is 17.3 Å². The van der Waals surface area contributed by atoms with Crippen LogP contribution in [-0.4, -0.2) is 31.3 Å². The van der Waals surface area contributed by atoms with Gasteiger partial charge in [-0.1, -0.05) is 6.07 Å². The lowest BCUT2D eigenvalue weighted by Gasteiger charge is -2.07. The Labute approximate surface area is 155 Å². The Morgan fingerprint density at radius 1 is 1.15 bits per heavy atom. The predicted molar refractivity (Wildman–Crippen MR) is 100 cm³/mol. The molecule has 134 valence electrons. The minimum atomic E-state index is -0.219. The van der Waals surface area contributed by atoms with E-state index in [-0.39, 0.29) is 18.1 Å². The van der Waals surface area contributed by atoms with Gasteiger partial charge < -0.3 is 14.9 Å². The van der Waals surface area contributed by atoms with Crippen LogP contribution in [0.3, 0.4) is 0 Å². The number of hydrogen-bond donors (Lipinski definition) is 3. The zero-order valence-corrected chi connectivity index (χ0v) is 15.1. The first-order chi connectivity index (χ1) is 12.4. The molecule has 0 aliphatic carbocycles. The number of aromatic nitrogens is 3. The minimum absolute atomic E-state index is 0.189. The second kappa shape index (κ2) is 7.40. The molecule has 2 aromatic carbocycles. The van der Waals surface area contributed by atoms with Gasteiger partial charge >= 0.3 is 0 Å². The van der Waals surface area contributed by atoms with E-state index in [9.17, 15) is 10.2 Å². The van der Waals surface area contributed by atoms with Gasteiger partial charge in [-0.3, -0.25) is 0 Å². The molecule has 0 aliphatic heterocycles. The maximum atomic E-state index is 9.54. The van der Waals surface area contributed by atoms with Crippen molar-refractivity contribution in [1.82, 2.24) is 14.9 Å². The van der Waals surface area contributed by atoms with E-state index in [2.05, 4.69) is 21.4 Å². The van der Waals surface area contributed by atoms with E-state index in [1.54, 1.807) is 6.07 Å². The third-order valence-corrected chi connectivity index (χ3v) is 3.87. The number of hydrogen-bond acceptors (Lipinski definition) is 6. The summed E-state index contributed by atoms with van der Waals surface area (Å²) in [6, 6.07) is 10.4. The summed E-state index contributed by atoms with van der Waals surface area (Å²) in [4.78, 5) is 0. The first kappa shape index (κ1) is 17.7. The number of nitrogens with one attached hydrogen (secondary N) is 1. The molecule has 1 heterocycles. The first-order valence-electron chi connectivity index (χ1n) is 7.86. The number of H-pyrrole nitrogens is 1. The number of rotatable bonds is 5. The number of aromatic hydroxyl groups is 2. The number of ether oxygens (including phenoxy) is 1. The molecule has 26 heavy (non-hydrogen) atoms. The molecule has 0 unspecified atom stereocenters. The molecule has 0 radical (unpaired) electrons. The quantitative estimate of drug-likeness (QED) is 0.363. The average Bonchev–Trinajstić information content (AvgIpc) is 2.93. The Hall–Kier alpha value is -3.13. The summed E-state index contributed by atoms with van der Waals surface area (Å²) in [7, 11) is 0. The number of aryl methyl sites for hydroxylation is 2. The summed E-state index contributed by atoms with van der Waals surface area (Å²) >= 11 is 5.19. The van der Waals surface area contributed by atoms with Gasteiger partial charge in [-0.15, -0.1) is 0 Å². The fourth-order valence-electron chi connectivity index (χ4n) is 2.45. The monoisotopic (exact) mass is 370 g/mol. The number of aromatic amines is 1. The van der Waals surface area contributed by atoms with Gasteiger partial charge in [0.05, 0.1) is 6.21 Å².